The molecule has 0 aliphatic heterocycles. The van der Waals surface area contributed by atoms with Crippen molar-refractivity contribution in [2.75, 3.05) is 5.75 Å². The van der Waals surface area contributed by atoms with E-state index in [1.165, 1.54) is 5.56 Å². The normalized spacial score (nSPS) is 10.8. The zero-order chi connectivity index (χ0) is 12.0. The van der Waals surface area contributed by atoms with Crippen LogP contribution < -0.4 is 0 Å². The fourth-order valence-corrected chi connectivity index (χ4v) is 2.12. The number of hydrogen-bond acceptors (Lipinski definition) is 2. The molecule has 0 atom stereocenters. The van der Waals surface area contributed by atoms with Gasteiger partial charge in [-0.05, 0) is 17.2 Å². The van der Waals surface area contributed by atoms with Gasteiger partial charge in [0.05, 0.1) is 5.75 Å². The van der Waals surface area contributed by atoms with E-state index in [-0.39, 0.29) is 5.78 Å². The molecule has 0 unspecified atom stereocenters. The van der Waals surface area contributed by atoms with Crippen molar-refractivity contribution in [2.45, 2.75) is 38.9 Å². The summed E-state index contributed by atoms with van der Waals surface area (Å²) in [6.07, 6.45) is 2.24. The summed E-state index contributed by atoms with van der Waals surface area (Å²) in [4.78, 5) is 11.8. The zero-order valence-corrected chi connectivity index (χ0v) is 11.1. The van der Waals surface area contributed by atoms with Crippen molar-refractivity contribution in [3.05, 3.63) is 35.4 Å². The first kappa shape index (κ1) is 13.3. The topological polar surface area (TPSA) is 17.1 Å². The number of rotatable bonds is 6. The van der Waals surface area contributed by atoms with E-state index in [1.807, 2.05) is 12.1 Å². The Morgan fingerprint density at radius 2 is 1.88 bits per heavy atom. The van der Waals surface area contributed by atoms with E-state index in [9.17, 15) is 4.79 Å². The lowest BCUT2D eigenvalue weighted by molar-refractivity contribution is 0.102. The van der Waals surface area contributed by atoms with Crippen molar-refractivity contribution in [3.63, 3.8) is 0 Å². The molecule has 0 aromatic heterocycles. The van der Waals surface area contributed by atoms with E-state index in [1.54, 1.807) is 11.8 Å². The summed E-state index contributed by atoms with van der Waals surface area (Å²) in [6.45, 7) is 6.39. The van der Waals surface area contributed by atoms with Gasteiger partial charge in [0, 0.05) is 5.56 Å². The van der Waals surface area contributed by atoms with Crippen molar-refractivity contribution < 1.29 is 4.79 Å². The second-order valence-corrected chi connectivity index (χ2v) is 5.79. The standard InChI is InChI=1S/C14H20OS/c1-4-5-12-6-8-13(9-7-12)14(15)10-16-11(2)3/h6-9,11H,4-5,10H2,1-3H3. The maximum atomic E-state index is 11.8. The summed E-state index contributed by atoms with van der Waals surface area (Å²) in [7, 11) is 0. The summed E-state index contributed by atoms with van der Waals surface area (Å²) < 4.78 is 0. The quantitative estimate of drug-likeness (QED) is 0.695. The molecular weight excluding hydrogens is 216 g/mol. The van der Waals surface area contributed by atoms with E-state index in [0.29, 0.717) is 11.0 Å². The van der Waals surface area contributed by atoms with E-state index in [4.69, 9.17) is 0 Å². The Kier molecular flexibility index (Phi) is 5.61. The molecule has 0 aliphatic carbocycles. The van der Waals surface area contributed by atoms with E-state index < -0.39 is 0 Å². The van der Waals surface area contributed by atoms with Crippen LogP contribution in [0.25, 0.3) is 0 Å². The zero-order valence-electron chi connectivity index (χ0n) is 10.3. The SMILES string of the molecule is CCCc1ccc(C(=O)CSC(C)C)cc1. The molecular formula is C14H20OS. The average molecular weight is 236 g/mol. The summed E-state index contributed by atoms with van der Waals surface area (Å²) in [5, 5.41) is 0.517. The first-order chi connectivity index (χ1) is 7.63. The van der Waals surface area contributed by atoms with Gasteiger partial charge in [0.2, 0.25) is 0 Å². The molecule has 0 heterocycles. The Balaban J connectivity index is 2.56. The second kappa shape index (κ2) is 6.74. The first-order valence-electron chi connectivity index (χ1n) is 5.87. The predicted octanol–water partition coefficient (Wildman–Crippen LogP) is 3.96. The monoisotopic (exact) mass is 236 g/mol. The lowest BCUT2D eigenvalue weighted by Gasteiger charge is -2.05. The Morgan fingerprint density at radius 1 is 1.25 bits per heavy atom. The molecule has 0 amide bonds. The lowest BCUT2D eigenvalue weighted by atomic mass is 10.1. The van der Waals surface area contributed by atoms with Gasteiger partial charge in [-0.1, -0.05) is 51.5 Å². The van der Waals surface area contributed by atoms with Gasteiger partial charge in [0.15, 0.2) is 5.78 Å². The van der Waals surface area contributed by atoms with Gasteiger partial charge in [-0.15, -0.1) is 0 Å². The van der Waals surface area contributed by atoms with E-state index in [0.717, 1.165) is 18.4 Å². The fourth-order valence-electron chi connectivity index (χ4n) is 1.47. The molecule has 0 saturated carbocycles. The number of hydrogen-bond donors (Lipinski definition) is 0. The molecule has 1 rings (SSSR count). The molecule has 16 heavy (non-hydrogen) atoms. The lowest BCUT2D eigenvalue weighted by Crippen LogP contribution is -2.04. The van der Waals surface area contributed by atoms with Crippen molar-refractivity contribution in [1.82, 2.24) is 0 Å². The molecule has 1 aromatic carbocycles. The Hall–Kier alpha value is -0.760. The van der Waals surface area contributed by atoms with Crippen LogP contribution in [-0.4, -0.2) is 16.8 Å². The van der Waals surface area contributed by atoms with Gasteiger partial charge in [-0.3, -0.25) is 4.79 Å². The number of benzene rings is 1. The Morgan fingerprint density at radius 3 is 2.38 bits per heavy atom. The van der Waals surface area contributed by atoms with Crippen LogP contribution >= 0.6 is 11.8 Å². The molecule has 1 aromatic rings. The van der Waals surface area contributed by atoms with Crippen LogP contribution in [0, 0.1) is 0 Å². The third-order valence-electron chi connectivity index (χ3n) is 2.36. The second-order valence-electron chi connectivity index (χ2n) is 4.23. The molecule has 0 radical (unpaired) electrons. The van der Waals surface area contributed by atoms with Gasteiger partial charge < -0.3 is 0 Å². The van der Waals surface area contributed by atoms with Gasteiger partial charge in [-0.25, -0.2) is 0 Å². The van der Waals surface area contributed by atoms with Gasteiger partial charge >= 0.3 is 0 Å². The van der Waals surface area contributed by atoms with Crippen molar-refractivity contribution >= 4 is 17.5 Å². The molecule has 1 nitrogen and oxygen atoms in total. The molecule has 0 aliphatic rings. The average Bonchev–Trinajstić information content (AvgIpc) is 2.27. The number of aryl methyl sites for hydroxylation is 1. The summed E-state index contributed by atoms with van der Waals surface area (Å²) in [5.41, 5.74) is 2.16. The number of Topliss-reactive ketones (excluding diaryl/α,β-unsaturated/α-hetero) is 1. The van der Waals surface area contributed by atoms with Crippen LogP contribution in [0.4, 0.5) is 0 Å². The van der Waals surface area contributed by atoms with Crippen LogP contribution in [0.2, 0.25) is 0 Å². The predicted molar refractivity (Wildman–Crippen MR) is 72.4 cm³/mol. The van der Waals surface area contributed by atoms with Gasteiger partial charge in [0.25, 0.3) is 0 Å². The first-order valence-corrected chi connectivity index (χ1v) is 6.92. The Labute approximate surface area is 103 Å². The number of ketones is 1. The number of thioether (sulfide) groups is 1. The molecule has 0 saturated heterocycles. The van der Waals surface area contributed by atoms with Crippen LogP contribution in [0.3, 0.4) is 0 Å². The summed E-state index contributed by atoms with van der Waals surface area (Å²) >= 11 is 1.70. The molecule has 0 fully saturated rings. The van der Waals surface area contributed by atoms with Crippen LogP contribution in [0.15, 0.2) is 24.3 Å². The number of carbonyl (C=O) groups excluding carboxylic acids is 1. The Bertz CT molecular complexity index is 327. The highest BCUT2D eigenvalue weighted by Crippen LogP contribution is 2.13. The van der Waals surface area contributed by atoms with Crippen molar-refractivity contribution in [2.24, 2.45) is 0 Å². The van der Waals surface area contributed by atoms with E-state index >= 15 is 0 Å². The third-order valence-corrected chi connectivity index (χ3v) is 3.46. The molecule has 2 heteroatoms. The van der Waals surface area contributed by atoms with Gasteiger partial charge in [-0.2, -0.15) is 11.8 Å². The maximum absolute atomic E-state index is 11.8. The van der Waals surface area contributed by atoms with Crippen molar-refractivity contribution in [3.8, 4) is 0 Å². The smallest absolute Gasteiger partial charge is 0.172 e. The third kappa shape index (κ3) is 4.40. The minimum absolute atomic E-state index is 0.238. The van der Waals surface area contributed by atoms with Crippen molar-refractivity contribution in [1.29, 1.82) is 0 Å². The summed E-state index contributed by atoms with van der Waals surface area (Å²) in [5.74, 6) is 0.826. The highest BCUT2D eigenvalue weighted by Gasteiger charge is 2.06. The van der Waals surface area contributed by atoms with Crippen LogP contribution in [-0.2, 0) is 6.42 Å². The molecule has 0 N–H and O–H groups in total. The molecule has 0 bridgehead atoms. The van der Waals surface area contributed by atoms with E-state index in [2.05, 4.69) is 32.9 Å². The summed E-state index contributed by atoms with van der Waals surface area (Å²) in [6, 6.07) is 8.04. The van der Waals surface area contributed by atoms with Crippen LogP contribution in [0.1, 0.15) is 43.1 Å². The van der Waals surface area contributed by atoms with Crippen LogP contribution in [0.5, 0.6) is 0 Å². The van der Waals surface area contributed by atoms with Gasteiger partial charge in [0.1, 0.15) is 0 Å². The minimum Gasteiger partial charge on any atom is -0.293 e. The highest BCUT2D eigenvalue weighted by molar-refractivity contribution is 8.00. The maximum Gasteiger partial charge on any atom is 0.172 e. The fraction of sp³-hybridized carbons (Fsp3) is 0.500. The minimum atomic E-state index is 0.238. The largest absolute Gasteiger partial charge is 0.293 e. The molecule has 0 spiro atoms. The number of carbonyl (C=O) groups is 1. The highest BCUT2D eigenvalue weighted by atomic mass is 32.2. The molecule has 88 valence electrons.